The van der Waals surface area contributed by atoms with Gasteiger partial charge in [0, 0.05) is 12.2 Å². The van der Waals surface area contributed by atoms with Crippen LogP contribution in [0.25, 0.3) is 0 Å². The molecule has 0 aliphatic carbocycles. The fourth-order valence-electron chi connectivity index (χ4n) is 1.51. The number of hydrogen-bond acceptors (Lipinski definition) is 2. The zero-order valence-corrected chi connectivity index (χ0v) is 10.7. The van der Waals surface area contributed by atoms with Crippen molar-refractivity contribution in [2.45, 2.75) is 12.6 Å². The molecular formula is C12H13F5N2O2. The molecule has 0 saturated heterocycles. The Bertz CT molecular complexity index is 462. The molecular weight excluding hydrogens is 299 g/mol. The topological polar surface area (TPSA) is 52.6 Å². The summed E-state index contributed by atoms with van der Waals surface area (Å²) < 4.78 is 61.6. The largest absolute Gasteiger partial charge is 0.416 e. The maximum atomic E-state index is 12.3. The molecule has 0 saturated carbocycles. The molecule has 4 nitrogen and oxygen atoms in total. The first-order valence-electron chi connectivity index (χ1n) is 5.86. The minimum atomic E-state index is -4.50. The van der Waals surface area contributed by atoms with E-state index in [1.165, 1.54) is 0 Å². The number of aliphatic hydroxyl groups excluding tert-OH is 1. The Morgan fingerprint density at radius 2 is 1.81 bits per heavy atom. The van der Waals surface area contributed by atoms with Crippen LogP contribution in [0.15, 0.2) is 24.3 Å². The third-order valence-corrected chi connectivity index (χ3v) is 2.48. The van der Waals surface area contributed by atoms with E-state index in [2.05, 4.69) is 5.32 Å². The second kappa shape index (κ2) is 7.21. The van der Waals surface area contributed by atoms with Gasteiger partial charge >= 0.3 is 12.2 Å². The highest BCUT2D eigenvalue weighted by Gasteiger charge is 2.30. The SMILES string of the molecule is O=C(Nc1ccc(C(F)(F)F)cc1)N(CCO)CC(F)F. The number of aliphatic hydroxyl groups is 1. The van der Waals surface area contributed by atoms with Crippen LogP contribution in [0, 0.1) is 0 Å². The van der Waals surface area contributed by atoms with E-state index < -0.39 is 37.3 Å². The first-order chi connectivity index (χ1) is 9.74. The normalized spacial score (nSPS) is 11.6. The number of benzene rings is 1. The number of urea groups is 1. The summed E-state index contributed by atoms with van der Waals surface area (Å²) in [5.41, 5.74) is -0.856. The number of carbonyl (C=O) groups excluding carboxylic acids is 1. The maximum Gasteiger partial charge on any atom is 0.416 e. The van der Waals surface area contributed by atoms with Crippen LogP contribution in [-0.2, 0) is 6.18 Å². The fourth-order valence-corrected chi connectivity index (χ4v) is 1.51. The molecule has 0 aliphatic heterocycles. The molecule has 0 unspecified atom stereocenters. The molecule has 118 valence electrons. The highest BCUT2D eigenvalue weighted by molar-refractivity contribution is 5.89. The molecule has 0 radical (unpaired) electrons. The summed E-state index contributed by atoms with van der Waals surface area (Å²) in [5.74, 6) is 0. The number of nitrogens with one attached hydrogen (secondary N) is 1. The molecule has 2 amide bonds. The van der Waals surface area contributed by atoms with Crippen LogP contribution in [0.5, 0.6) is 0 Å². The van der Waals surface area contributed by atoms with E-state index in [0.29, 0.717) is 4.90 Å². The molecule has 2 N–H and O–H groups in total. The molecule has 0 heterocycles. The summed E-state index contributed by atoms with van der Waals surface area (Å²) in [6.45, 7) is -1.70. The van der Waals surface area contributed by atoms with Crippen molar-refractivity contribution in [3.8, 4) is 0 Å². The second-order valence-corrected chi connectivity index (χ2v) is 4.07. The van der Waals surface area contributed by atoms with E-state index in [4.69, 9.17) is 5.11 Å². The summed E-state index contributed by atoms with van der Waals surface area (Å²) in [5, 5.41) is 10.9. The van der Waals surface area contributed by atoms with Crippen molar-refractivity contribution in [1.29, 1.82) is 0 Å². The minimum Gasteiger partial charge on any atom is -0.395 e. The standard InChI is InChI=1S/C12H13F5N2O2/c13-10(14)7-19(5-6-20)11(21)18-9-3-1-8(2-4-9)12(15,16)17/h1-4,10,20H,5-7H2,(H,18,21). The van der Waals surface area contributed by atoms with Crippen molar-refractivity contribution in [2.24, 2.45) is 0 Å². The van der Waals surface area contributed by atoms with E-state index >= 15 is 0 Å². The minimum absolute atomic E-state index is 0.0326. The predicted octanol–water partition coefficient (Wildman–Crippen LogP) is 2.80. The molecule has 0 atom stereocenters. The average molecular weight is 312 g/mol. The number of hydrogen-bond donors (Lipinski definition) is 2. The van der Waals surface area contributed by atoms with Gasteiger partial charge in [0.05, 0.1) is 18.7 Å². The lowest BCUT2D eigenvalue weighted by atomic mass is 10.2. The van der Waals surface area contributed by atoms with Crippen molar-refractivity contribution in [1.82, 2.24) is 4.90 Å². The number of amides is 2. The van der Waals surface area contributed by atoms with Crippen molar-refractivity contribution >= 4 is 11.7 Å². The van der Waals surface area contributed by atoms with Crippen molar-refractivity contribution in [3.63, 3.8) is 0 Å². The summed E-state index contributed by atoms with van der Waals surface area (Å²) in [4.78, 5) is 12.3. The van der Waals surface area contributed by atoms with E-state index in [-0.39, 0.29) is 12.2 Å². The van der Waals surface area contributed by atoms with Crippen LogP contribution >= 0.6 is 0 Å². The quantitative estimate of drug-likeness (QED) is 0.822. The molecule has 0 fully saturated rings. The van der Waals surface area contributed by atoms with E-state index in [0.717, 1.165) is 24.3 Å². The highest BCUT2D eigenvalue weighted by Crippen LogP contribution is 2.29. The Kier molecular flexibility index (Phi) is 5.89. The lowest BCUT2D eigenvalue weighted by molar-refractivity contribution is -0.137. The number of nitrogens with zero attached hydrogens (tertiary/aromatic N) is 1. The van der Waals surface area contributed by atoms with Gasteiger partial charge < -0.3 is 15.3 Å². The number of rotatable bonds is 5. The molecule has 9 heteroatoms. The molecule has 1 rings (SSSR count). The molecule has 0 aromatic heterocycles. The zero-order valence-electron chi connectivity index (χ0n) is 10.7. The lowest BCUT2D eigenvalue weighted by Crippen LogP contribution is -2.40. The van der Waals surface area contributed by atoms with Gasteiger partial charge in [0.2, 0.25) is 0 Å². The van der Waals surface area contributed by atoms with Crippen LogP contribution in [-0.4, -0.2) is 42.2 Å². The van der Waals surface area contributed by atoms with Gasteiger partial charge in [0.15, 0.2) is 0 Å². The molecule has 0 aliphatic rings. The monoisotopic (exact) mass is 312 g/mol. The summed E-state index contributed by atoms with van der Waals surface area (Å²) in [6, 6.07) is 2.63. The molecule has 1 aromatic carbocycles. The van der Waals surface area contributed by atoms with Gasteiger partial charge in [0.25, 0.3) is 6.43 Å². The average Bonchev–Trinajstić information content (AvgIpc) is 2.37. The maximum absolute atomic E-state index is 12.3. The van der Waals surface area contributed by atoms with E-state index in [1.54, 1.807) is 0 Å². The van der Waals surface area contributed by atoms with Crippen molar-refractivity contribution in [2.75, 3.05) is 25.0 Å². The number of anilines is 1. The Morgan fingerprint density at radius 1 is 1.24 bits per heavy atom. The van der Waals surface area contributed by atoms with Gasteiger partial charge in [-0.05, 0) is 24.3 Å². The zero-order chi connectivity index (χ0) is 16.0. The van der Waals surface area contributed by atoms with E-state index in [1.807, 2.05) is 0 Å². The van der Waals surface area contributed by atoms with Crippen LogP contribution in [0.1, 0.15) is 5.56 Å². The third kappa shape index (κ3) is 5.54. The van der Waals surface area contributed by atoms with Crippen LogP contribution in [0.3, 0.4) is 0 Å². The lowest BCUT2D eigenvalue weighted by Gasteiger charge is -2.21. The van der Waals surface area contributed by atoms with Gasteiger partial charge in [-0.3, -0.25) is 0 Å². The molecule has 0 bridgehead atoms. The van der Waals surface area contributed by atoms with Gasteiger partial charge in [-0.2, -0.15) is 13.2 Å². The number of alkyl halides is 5. The van der Waals surface area contributed by atoms with Crippen LogP contribution in [0.2, 0.25) is 0 Å². The second-order valence-electron chi connectivity index (χ2n) is 4.07. The molecule has 1 aromatic rings. The van der Waals surface area contributed by atoms with Crippen molar-refractivity contribution < 1.29 is 31.9 Å². The number of carbonyl (C=O) groups is 1. The Labute approximate surface area is 117 Å². The highest BCUT2D eigenvalue weighted by atomic mass is 19.4. The molecule has 21 heavy (non-hydrogen) atoms. The molecule has 0 spiro atoms. The number of halogens is 5. The van der Waals surface area contributed by atoms with Gasteiger partial charge in [-0.15, -0.1) is 0 Å². The van der Waals surface area contributed by atoms with Crippen LogP contribution in [0.4, 0.5) is 32.4 Å². The van der Waals surface area contributed by atoms with Gasteiger partial charge in [-0.1, -0.05) is 0 Å². The summed E-state index contributed by atoms with van der Waals surface area (Å²) >= 11 is 0. The first-order valence-corrected chi connectivity index (χ1v) is 5.86. The summed E-state index contributed by atoms with van der Waals surface area (Å²) in [6.07, 6.45) is -7.28. The third-order valence-electron chi connectivity index (χ3n) is 2.48. The first kappa shape index (κ1) is 17.2. The van der Waals surface area contributed by atoms with Gasteiger partial charge in [-0.25, -0.2) is 13.6 Å². The Morgan fingerprint density at radius 3 is 2.24 bits per heavy atom. The smallest absolute Gasteiger partial charge is 0.395 e. The fraction of sp³-hybridized carbons (Fsp3) is 0.417. The van der Waals surface area contributed by atoms with Gasteiger partial charge in [0.1, 0.15) is 0 Å². The van der Waals surface area contributed by atoms with Crippen molar-refractivity contribution in [3.05, 3.63) is 29.8 Å². The Hall–Kier alpha value is -1.90. The Balaban J connectivity index is 2.72. The van der Waals surface area contributed by atoms with Crippen LogP contribution < -0.4 is 5.32 Å². The predicted molar refractivity (Wildman–Crippen MR) is 65.1 cm³/mol. The summed E-state index contributed by atoms with van der Waals surface area (Å²) in [7, 11) is 0. The van der Waals surface area contributed by atoms with E-state index in [9.17, 15) is 26.7 Å².